The second kappa shape index (κ2) is 7.54. The molecule has 0 aromatic heterocycles. The van der Waals surface area contributed by atoms with E-state index in [1.54, 1.807) is 11.0 Å². The van der Waals surface area contributed by atoms with Crippen LogP contribution in [0.15, 0.2) is 18.2 Å². The molecular formula is C21H27N3O4. The Hall–Kier alpha value is -2.41. The zero-order valence-electron chi connectivity index (χ0n) is 16.4. The highest BCUT2D eigenvalue weighted by Crippen LogP contribution is 2.31. The lowest BCUT2D eigenvalue weighted by Gasteiger charge is -2.37. The number of piperidine rings is 2. The molecule has 28 heavy (non-hydrogen) atoms. The number of hydrogen-bond donors (Lipinski definition) is 1. The van der Waals surface area contributed by atoms with E-state index >= 15 is 0 Å². The van der Waals surface area contributed by atoms with Crippen molar-refractivity contribution in [1.29, 1.82) is 0 Å². The molecule has 3 atom stereocenters. The van der Waals surface area contributed by atoms with Gasteiger partial charge < -0.3 is 9.64 Å². The Labute approximate surface area is 165 Å². The molecule has 150 valence electrons. The maximum absolute atomic E-state index is 12.8. The van der Waals surface area contributed by atoms with E-state index in [4.69, 9.17) is 4.74 Å². The van der Waals surface area contributed by atoms with Crippen LogP contribution in [0.4, 0.5) is 0 Å². The largest absolute Gasteiger partial charge is 0.489 e. The minimum Gasteiger partial charge on any atom is -0.489 e. The maximum Gasteiger partial charge on any atom is 0.255 e. The number of likely N-dealkylation sites (N-methyl/N-ethyl adjacent to an activating group) is 1. The van der Waals surface area contributed by atoms with Gasteiger partial charge in [0.2, 0.25) is 11.8 Å². The summed E-state index contributed by atoms with van der Waals surface area (Å²) in [7, 11) is 0. The molecule has 3 heterocycles. The SMILES string of the molecule is CCN1C[C@H](Oc2ccc3c(c2)CN([C@H]2CCC(=O)NC2=O)C3=O)CC[C@@H]1C. The molecule has 0 bridgehead atoms. The van der Waals surface area contributed by atoms with Crippen LogP contribution in [-0.2, 0) is 16.1 Å². The molecule has 3 aliphatic rings. The average molecular weight is 385 g/mol. The van der Waals surface area contributed by atoms with Crippen molar-refractivity contribution in [2.75, 3.05) is 13.1 Å². The van der Waals surface area contributed by atoms with Crippen molar-refractivity contribution < 1.29 is 19.1 Å². The number of amides is 3. The zero-order chi connectivity index (χ0) is 19.8. The average Bonchev–Trinajstić information content (AvgIpc) is 2.99. The van der Waals surface area contributed by atoms with Crippen molar-refractivity contribution >= 4 is 17.7 Å². The summed E-state index contributed by atoms with van der Waals surface area (Å²) in [5, 5.41) is 2.33. The van der Waals surface area contributed by atoms with Crippen LogP contribution in [0, 0.1) is 0 Å². The van der Waals surface area contributed by atoms with Gasteiger partial charge >= 0.3 is 0 Å². The minimum atomic E-state index is -0.583. The molecule has 0 radical (unpaired) electrons. The van der Waals surface area contributed by atoms with Crippen LogP contribution < -0.4 is 10.1 Å². The van der Waals surface area contributed by atoms with E-state index in [-0.39, 0.29) is 30.2 Å². The first-order valence-corrected chi connectivity index (χ1v) is 10.1. The molecule has 1 N–H and O–H groups in total. The zero-order valence-corrected chi connectivity index (χ0v) is 16.4. The van der Waals surface area contributed by atoms with Crippen LogP contribution in [0.3, 0.4) is 0 Å². The van der Waals surface area contributed by atoms with Gasteiger partial charge in [-0.1, -0.05) is 6.92 Å². The number of nitrogens with one attached hydrogen (secondary N) is 1. The number of fused-ring (bicyclic) bond motifs is 1. The Morgan fingerprint density at radius 1 is 1.18 bits per heavy atom. The van der Waals surface area contributed by atoms with Gasteiger partial charge in [-0.15, -0.1) is 0 Å². The fourth-order valence-electron chi connectivity index (χ4n) is 4.50. The molecular weight excluding hydrogens is 358 g/mol. The molecule has 0 saturated carbocycles. The Morgan fingerprint density at radius 2 is 2.00 bits per heavy atom. The summed E-state index contributed by atoms with van der Waals surface area (Å²) in [5.41, 5.74) is 1.49. The summed E-state index contributed by atoms with van der Waals surface area (Å²) in [5.74, 6) is -0.0409. The third kappa shape index (κ3) is 3.51. The summed E-state index contributed by atoms with van der Waals surface area (Å²) < 4.78 is 6.22. The van der Waals surface area contributed by atoms with Gasteiger partial charge in [-0.3, -0.25) is 24.6 Å². The smallest absolute Gasteiger partial charge is 0.255 e. The topological polar surface area (TPSA) is 79.0 Å². The monoisotopic (exact) mass is 385 g/mol. The van der Waals surface area contributed by atoms with Gasteiger partial charge in [0.1, 0.15) is 17.9 Å². The third-order valence-electron chi connectivity index (χ3n) is 6.17. The van der Waals surface area contributed by atoms with E-state index in [9.17, 15) is 14.4 Å². The molecule has 0 unspecified atom stereocenters. The minimum absolute atomic E-state index is 0.151. The second-order valence-corrected chi connectivity index (χ2v) is 7.97. The number of benzene rings is 1. The van der Waals surface area contributed by atoms with E-state index in [1.165, 1.54) is 0 Å². The summed E-state index contributed by atoms with van der Waals surface area (Å²) in [6.07, 6.45) is 2.93. The van der Waals surface area contributed by atoms with Crippen LogP contribution >= 0.6 is 0 Å². The fourth-order valence-corrected chi connectivity index (χ4v) is 4.50. The van der Waals surface area contributed by atoms with Crippen LogP contribution in [0.2, 0.25) is 0 Å². The second-order valence-electron chi connectivity index (χ2n) is 7.97. The van der Waals surface area contributed by atoms with Crippen LogP contribution in [0.25, 0.3) is 0 Å². The summed E-state index contributed by atoms with van der Waals surface area (Å²) >= 11 is 0. The van der Waals surface area contributed by atoms with Crippen LogP contribution in [-0.4, -0.2) is 58.8 Å². The molecule has 1 aromatic rings. The lowest BCUT2D eigenvalue weighted by molar-refractivity contribution is -0.136. The summed E-state index contributed by atoms with van der Waals surface area (Å²) in [6, 6.07) is 5.57. The van der Waals surface area contributed by atoms with Gasteiger partial charge in [-0.2, -0.15) is 0 Å². The molecule has 2 fully saturated rings. The quantitative estimate of drug-likeness (QED) is 0.798. The van der Waals surface area contributed by atoms with Gasteiger partial charge in [0, 0.05) is 31.1 Å². The van der Waals surface area contributed by atoms with E-state index in [0.29, 0.717) is 24.6 Å². The highest BCUT2D eigenvalue weighted by atomic mass is 16.5. The first kappa shape index (κ1) is 18.9. The lowest BCUT2D eigenvalue weighted by atomic mass is 10.0. The molecule has 3 aliphatic heterocycles. The Balaban J connectivity index is 1.45. The number of hydrogen-bond acceptors (Lipinski definition) is 5. The number of imide groups is 1. The highest BCUT2D eigenvalue weighted by molar-refractivity contribution is 6.05. The van der Waals surface area contributed by atoms with Crippen molar-refractivity contribution in [3.8, 4) is 5.75 Å². The molecule has 1 aromatic carbocycles. The summed E-state index contributed by atoms with van der Waals surface area (Å²) in [4.78, 5) is 40.3. The number of rotatable bonds is 4. The number of nitrogens with zero attached hydrogens (tertiary/aromatic N) is 2. The van der Waals surface area contributed by atoms with E-state index in [1.807, 2.05) is 12.1 Å². The van der Waals surface area contributed by atoms with Gasteiger partial charge in [-0.25, -0.2) is 0 Å². The van der Waals surface area contributed by atoms with Gasteiger partial charge in [0.25, 0.3) is 5.91 Å². The number of carbonyl (C=O) groups excluding carboxylic acids is 3. The third-order valence-corrected chi connectivity index (χ3v) is 6.17. The number of carbonyl (C=O) groups is 3. The van der Waals surface area contributed by atoms with Gasteiger partial charge in [-0.05, 0) is 56.5 Å². The van der Waals surface area contributed by atoms with Crippen LogP contribution in [0.5, 0.6) is 5.75 Å². The van der Waals surface area contributed by atoms with Gasteiger partial charge in [0.05, 0.1) is 0 Å². The first-order valence-electron chi connectivity index (χ1n) is 10.1. The molecule has 7 nitrogen and oxygen atoms in total. The van der Waals surface area contributed by atoms with Crippen molar-refractivity contribution in [3.63, 3.8) is 0 Å². The van der Waals surface area contributed by atoms with Gasteiger partial charge in [0.15, 0.2) is 0 Å². The maximum atomic E-state index is 12.8. The van der Waals surface area contributed by atoms with Crippen LogP contribution in [0.1, 0.15) is 55.5 Å². The standard InChI is InChI=1S/C21H27N3O4/c1-3-23-12-16(5-4-13(23)2)28-15-6-7-17-14(10-15)11-24(21(17)27)18-8-9-19(25)22-20(18)26/h6-7,10,13,16,18H,3-5,8-9,11-12H2,1-2H3,(H,22,25,26)/t13-,16+,18-/m0/s1. The van der Waals surface area contributed by atoms with Crippen molar-refractivity contribution in [2.45, 2.75) is 64.3 Å². The van der Waals surface area contributed by atoms with Crippen molar-refractivity contribution in [1.82, 2.24) is 15.1 Å². The predicted molar refractivity (Wildman–Crippen MR) is 103 cm³/mol. The summed E-state index contributed by atoms with van der Waals surface area (Å²) in [6.45, 7) is 6.73. The Kier molecular flexibility index (Phi) is 5.10. The molecule has 0 aliphatic carbocycles. The highest BCUT2D eigenvalue weighted by Gasteiger charge is 2.39. The first-order chi connectivity index (χ1) is 13.5. The fraction of sp³-hybridized carbons (Fsp3) is 0.571. The van der Waals surface area contributed by atoms with E-state index in [0.717, 1.165) is 37.2 Å². The number of likely N-dealkylation sites (tertiary alicyclic amines) is 1. The normalized spacial score (nSPS) is 28.3. The Morgan fingerprint density at radius 3 is 2.75 bits per heavy atom. The van der Waals surface area contributed by atoms with Crippen molar-refractivity contribution in [2.24, 2.45) is 0 Å². The molecule has 0 spiro atoms. The lowest BCUT2D eigenvalue weighted by Crippen LogP contribution is -2.52. The molecule has 2 saturated heterocycles. The Bertz CT molecular complexity index is 809. The van der Waals surface area contributed by atoms with E-state index in [2.05, 4.69) is 24.1 Å². The molecule has 4 rings (SSSR count). The molecule has 3 amide bonds. The van der Waals surface area contributed by atoms with E-state index < -0.39 is 6.04 Å². The number of ether oxygens (including phenoxy) is 1. The molecule has 7 heteroatoms. The predicted octanol–water partition coefficient (Wildman–Crippen LogP) is 1.70. The van der Waals surface area contributed by atoms with Crippen molar-refractivity contribution in [3.05, 3.63) is 29.3 Å².